The van der Waals surface area contributed by atoms with Crippen molar-refractivity contribution in [2.24, 2.45) is 18.0 Å². The number of hydrogen-bond acceptors (Lipinski definition) is 3. The second kappa shape index (κ2) is 11.1. The summed E-state index contributed by atoms with van der Waals surface area (Å²) in [5.74, 6) is 1.75. The second-order valence-electron chi connectivity index (χ2n) is 7.56. The Labute approximate surface area is 176 Å². The Bertz CT molecular complexity index is 575. The third-order valence-corrected chi connectivity index (χ3v) is 5.46. The van der Waals surface area contributed by atoms with Crippen LogP contribution >= 0.6 is 24.0 Å². The number of halogens is 1. The zero-order valence-corrected chi connectivity index (χ0v) is 19.6. The van der Waals surface area contributed by atoms with Crippen molar-refractivity contribution in [3.63, 3.8) is 0 Å². The van der Waals surface area contributed by atoms with Crippen molar-refractivity contribution in [2.45, 2.75) is 52.5 Å². The van der Waals surface area contributed by atoms with Crippen LogP contribution in [0.5, 0.6) is 0 Å². The molecule has 150 valence electrons. The van der Waals surface area contributed by atoms with Crippen LogP contribution in [0.2, 0.25) is 0 Å². The summed E-state index contributed by atoms with van der Waals surface area (Å²) in [6, 6.07) is 0.316. The maximum atomic E-state index is 4.51. The van der Waals surface area contributed by atoms with E-state index in [2.05, 4.69) is 53.4 Å². The first kappa shape index (κ1) is 23.2. The van der Waals surface area contributed by atoms with Crippen LogP contribution in [0, 0.1) is 19.8 Å². The average molecular weight is 476 g/mol. The minimum absolute atomic E-state index is 0. The van der Waals surface area contributed by atoms with E-state index in [0.29, 0.717) is 6.04 Å². The van der Waals surface area contributed by atoms with Crippen molar-refractivity contribution in [3.05, 3.63) is 17.0 Å². The van der Waals surface area contributed by atoms with Crippen molar-refractivity contribution < 1.29 is 0 Å². The Morgan fingerprint density at radius 1 is 1.27 bits per heavy atom. The SMILES string of the molecule is CN=C(NCCC1CCN(C)CC1)NC(C)Cc1c(C)nn(C)c1C.I. The molecule has 0 bridgehead atoms. The molecular formula is C19H37IN6. The van der Waals surface area contributed by atoms with E-state index in [9.17, 15) is 0 Å². The van der Waals surface area contributed by atoms with Crippen LogP contribution in [0.4, 0.5) is 0 Å². The summed E-state index contributed by atoms with van der Waals surface area (Å²) >= 11 is 0. The van der Waals surface area contributed by atoms with Gasteiger partial charge in [0.25, 0.3) is 0 Å². The number of nitrogens with one attached hydrogen (secondary N) is 2. The number of aromatic nitrogens is 2. The van der Waals surface area contributed by atoms with Gasteiger partial charge in [-0.1, -0.05) is 0 Å². The number of rotatable bonds is 6. The normalized spacial score (nSPS) is 17.7. The summed E-state index contributed by atoms with van der Waals surface area (Å²) in [4.78, 5) is 6.80. The first-order chi connectivity index (χ1) is 11.9. The lowest BCUT2D eigenvalue weighted by atomic mass is 9.94. The number of aliphatic imine (C=N–C) groups is 1. The first-order valence-electron chi connectivity index (χ1n) is 9.55. The van der Waals surface area contributed by atoms with Gasteiger partial charge in [0, 0.05) is 32.4 Å². The number of hydrogen-bond donors (Lipinski definition) is 2. The number of piperidine rings is 1. The molecule has 1 aromatic heterocycles. The second-order valence-corrected chi connectivity index (χ2v) is 7.56. The fourth-order valence-electron chi connectivity index (χ4n) is 3.64. The minimum Gasteiger partial charge on any atom is -0.356 e. The van der Waals surface area contributed by atoms with Crippen molar-refractivity contribution in [1.29, 1.82) is 0 Å². The number of nitrogens with zero attached hydrogens (tertiary/aromatic N) is 4. The lowest BCUT2D eigenvalue weighted by Gasteiger charge is -2.29. The summed E-state index contributed by atoms with van der Waals surface area (Å²) in [6.45, 7) is 9.89. The minimum atomic E-state index is 0. The van der Waals surface area contributed by atoms with E-state index in [1.807, 2.05) is 18.8 Å². The molecule has 1 unspecified atom stereocenters. The van der Waals surface area contributed by atoms with Crippen LogP contribution in [-0.2, 0) is 13.5 Å². The van der Waals surface area contributed by atoms with E-state index in [0.717, 1.165) is 30.5 Å². The Kier molecular flexibility index (Phi) is 9.92. The molecule has 0 saturated carbocycles. The molecule has 6 nitrogen and oxygen atoms in total. The van der Waals surface area contributed by atoms with Gasteiger partial charge in [-0.3, -0.25) is 9.67 Å². The quantitative estimate of drug-likeness (QED) is 0.377. The van der Waals surface area contributed by atoms with Gasteiger partial charge in [0.05, 0.1) is 5.69 Å². The molecule has 1 aromatic rings. The largest absolute Gasteiger partial charge is 0.356 e. The summed E-state index contributed by atoms with van der Waals surface area (Å²) in [6.07, 6.45) is 4.82. The topological polar surface area (TPSA) is 57.5 Å². The number of likely N-dealkylation sites (tertiary alicyclic amines) is 1. The fraction of sp³-hybridized carbons (Fsp3) is 0.789. The molecular weight excluding hydrogens is 439 g/mol. The molecule has 1 atom stereocenters. The molecule has 2 heterocycles. The van der Waals surface area contributed by atoms with Gasteiger partial charge in [-0.25, -0.2) is 0 Å². The van der Waals surface area contributed by atoms with Crippen molar-refractivity contribution in [2.75, 3.05) is 33.7 Å². The van der Waals surface area contributed by atoms with Gasteiger partial charge >= 0.3 is 0 Å². The highest BCUT2D eigenvalue weighted by molar-refractivity contribution is 14.0. The number of aryl methyl sites for hydroxylation is 2. The molecule has 1 aliphatic rings. The Balaban J connectivity index is 0.00000338. The smallest absolute Gasteiger partial charge is 0.191 e. The average Bonchev–Trinajstić information content (AvgIpc) is 2.82. The van der Waals surface area contributed by atoms with E-state index in [1.54, 1.807) is 0 Å². The molecule has 1 saturated heterocycles. The van der Waals surface area contributed by atoms with Gasteiger partial charge in [0.2, 0.25) is 0 Å². The van der Waals surface area contributed by atoms with Crippen molar-refractivity contribution >= 4 is 29.9 Å². The molecule has 2 N–H and O–H groups in total. The summed E-state index contributed by atoms with van der Waals surface area (Å²) in [5.41, 5.74) is 3.71. The van der Waals surface area contributed by atoms with E-state index < -0.39 is 0 Å². The monoisotopic (exact) mass is 476 g/mol. The van der Waals surface area contributed by atoms with Crippen LogP contribution in [0.1, 0.15) is 43.1 Å². The zero-order chi connectivity index (χ0) is 18.4. The maximum Gasteiger partial charge on any atom is 0.191 e. The van der Waals surface area contributed by atoms with Crippen LogP contribution in [-0.4, -0.2) is 60.4 Å². The van der Waals surface area contributed by atoms with Gasteiger partial charge in [-0.2, -0.15) is 5.10 Å². The Morgan fingerprint density at radius 3 is 2.46 bits per heavy atom. The lowest BCUT2D eigenvalue weighted by Crippen LogP contribution is -2.44. The highest BCUT2D eigenvalue weighted by Crippen LogP contribution is 2.18. The summed E-state index contributed by atoms with van der Waals surface area (Å²) < 4.78 is 1.96. The standard InChI is InChI=1S/C19H36N6.HI/c1-14(13-18-15(2)23-25(6)16(18)3)22-19(20-4)21-10-7-17-8-11-24(5)12-9-17;/h14,17H,7-13H2,1-6H3,(H2,20,21,22);1H. The van der Waals surface area contributed by atoms with E-state index in [4.69, 9.17) is 0 Å². The predicted molar refractivity (Wildman–Crippen MR) is 121 cm³/mol. The number of guanidine groups is 1. The molecule has 0 amide bonds. The molecule has 0 radical (unpaired) electrons. The molecule has 2 rings (SSSR count). The lowest BCUT2D eigenvalue weighted by molar-refractivity contribution is 0.213. The van der Waals surface area contributed by atoms with Gasteiger partial charge in [0.1, 0.15) is 0 Å². The third kappa shape index (κ3) is 6.72. The Morgan fingerprint density at radius 2 is 1.92 bits per heavy atom. The molecule has 1 fully saturated rings. The summed E-state index contributed by atoms with van der Waals surface area (Å²) in [7, 11) is 6.07. The van der Waals surface area contributed by atoms with Gasteiger partial charge in [-0.15, -0.1) is 24.0 Å². The van der Waals surface area contributed by atoms with Gasteiger partial charge in [-0.05, 0) is 78.1 Å². The van der Waals surface area contributed by atoms with E-state index in [1.165, 1.54) is 43.6 Å². The zero-order valence-electron chi connectivity index (χ0n) is 17.3. The maximum absolute atomic E-state index is 4.51. The van der Waals surface area contributed by atoms with Crippen LogP contribution in [0.25, 0.3) is 0 Å². The van der Waals surface area contributed by atoms with Crippen LogP contribution < -0.4 is 10.6 Å². The fourth-order valence-corrected chi connectivity index (χ4v) is 3.64. The molecule has 1 aliphatic heterocycles. The highest BCUT2D eigenvalue weighted by atomic mass is 127. The third-order valence-electron chi connectivity index (χ3n) is 5.46. The molecule has 26 heavy (non-hydrogen) atoms. The highest BCUT2D eigenvalue weighted by Gasteiger charge is 2.17. The molecule has 0 spiro atoms. The summed E-state index contributed by atoms with van der Waals surface area (Å²) in [5, 5.41) is 11.5. The van der Waals surface area contributed by atoms with Gasteiger partial charge in [0.15, 0.2) is 5.96 Å². The van der Waals surface area contributed by atoms with Gasteiger partial charge < -0.3 is 15.5 Å². The van der Waals surface area contributed by atoms with E-state index >= 15 is 0 Å². The molecule has 7 heteroatoms. The van der Waals surface area contributed by atoms with Crippen molar-refractivity contribution in [1.82, 2.24) is 25.3 Å². The first-order valence-corrected chi connectivity index (χ1v) is 9.55. The molecule has 0 aliphatic carbocycles. The predicted octanol–water partition coefficient (Wildman–Crippen LogP) is 2.48. The van der Waals surface area contributed by atoms with E-state index in [-0.39, 0.29) is 24.0 Å². The van der Waals surface area contributed by atoms with Crippen LogP contribution in [0.3, 0.4) is 0 Å². The Hall–Kier alpha value is -0.830. The van der Waals surface area contributed by atoms with Crippen LogP contribution in [0.15, 0.2) is 4.99 Å². The van der Waals surface area contributed by atoms with Crippen molar-refractivity contribution in [3.8, 4) is 0 Å². The molecule has 0 aromatic carbocycles.